The Hall–Kier alpha value is -2.22. The van der Waals surface area contributed by atoms with Crippen molar-refractivity contribution in [2.24, 2.45) is 0 Å². The second-order valence-corrected chi connectivity index (χ2v) is 5.37. The minimum absolute atomic E-state index is 0.000268. The van der Waals surface area contributed by atoms with Gasteiger partial charge in [0, 0.05) is 11.1 Å². The van der Waals surface area contributed by atoms with Crippen LogP contribution in [0.2, 0.25) is 5.02 Å². The number of alkyl halides is 6. The summed E-state index contributed by atoms with van der Waals surface area (Å²) in [5.74, 6) is 0.000268. The Morgan fingerprint density at radius 2 is 1.64 bits per heavy atom. The number of aldehydes is 1. The van der Waals surface area contributed by atoms with Crippen LogP contribution in [0.3, 0.4) is 0 Å². The van der Waals surface area contributed by atoms with Gasteiger partial charge in [-0.1, -0.05) is 17.7 Å². The molecule has 0 amide bonds. The zero-order valence-electron chi connectivity index (χ0n) is 12.2. The van der Waals surface area contributed by atoms with Crippen molar-refractivity contribution in [2.45, 2.75) is 19.0 Å². The normalized spacial score (nSPS) is 12.1. The summed E-state index contributed by atoms with van der Waals surface area (Å²) in [6.45, 7) is -0.646. The molecule has 0 aliphatic heterocycles. The standard InChI is InChI=1S/C16H9ClF6O2/c17-13-5-9(7-24)1-4-14(13)25-8-10-2-3-11(15(18,19)20)6-12(10)16(21,22)23/h1-7H,8H2. The fraction of sp³-hybridized carbons (Fsp3) is 0.188. The highest BCUT2D eigenvalue weighted by molar-refractivity contribution is 6.32. The van der Waals surface area contributed by atoms with E-state index >= 15 is 0 Å². The first-order chi connectivity index (χ1) is 11.5. The molecule has 0 saturated carbocycles. The Balaban J connectivity index is 2.31. The van der Waals surface area contributed by atoms with E-state index in [1.165, 1.54) is 18.2 Å². The van der Waals surface area contributed by atoms with Crippen LogP contribution in [-0.4, -0.2) is 6.29 Å². The third-order valence-corrected chi connectivity index (χ3v) is 3.51. The molecule has 2 nitrogen and oxygen atoms in total. The smallest absolute Gasteiger partial charge is 0.416 e. The van der Waals surface area contributed by atoms with E-state index in [2.05, 4.69) is 0 Å². The minimum atomic E-state index is -4.98. The summed E-state index contributed by atoms with van der Waals surface area (Å²) in [6, 6.07) is 5.16. The summed E-state index contributed by atoms with van der Waals surface area (Å²) in [5.41, 5.74) is -3.08. The monoisotopic (exact) mass is 382 g/mol. The third kappa shape index (κ3) is 4.66. The van der Waals surface area contributed by atoms with Crippen LogP contribution in [0.1, 0.15) is 27.0 Å². The van der Waals surface area contributed by atoms with E-state index in [-0.39, 0.29) is 22.4 Å². The molecule has 0 atom stereocenters. The third-order valence-electron chi connectivity index (χ3n) is 3.22. The van der Waals surface area contributed by atoms with Gasteiger partial charge in [0.2, 0.25) is 0 Å². The number of hydrogen-bond acceptors (Lipinski definition) is 2. The van der Waals surface area contributed by atoms with Crippen LogP contribution in [0, 0.1) is 0 Å². The van der Waals surface area contributed by atoms with Crippen molar-refractivity contribution >= 4 is 17.9 Å². The Morgan fingerprint density at radius 3 is 2.16 bits per heavy atom. The van der Waals surface area contributed by atoms with Crippen molar-refractivity contribution in [1.82, 2.24) is 0 Å². The van der Waals surface area contributed by atoms with Crippen molar-refractivity contribution in [3.63, 3.8) is 0 Å². The van der Waals surface area contributed by atoms with Gasteiger partial charge in [-0.05, 0) is 30.3 Å². The number of carbonyl (C=O) groups excluding carboxylic acids is 1. The van der Waals surface area contributed by atoms with E-state index in [4.69, 9.17) is 16.3 Å². The highest BCUT2D eigenvalue weighted by Gasteiger charge is 2.38. The molecule has 0 bridgehead atoms. The van der Waals surface area contributed by atoms with Crippen molar-refractivity contribution in [3.8, 4) is 5.75 Å². The molecule has 0 radical (unpaired) electrons. The minimum Gasteiger partial charge on any atom is -0.487 e. The molecule has 0 aliphatic carbocycles. The van der Waals surface area contributed by atoms with Gasteiger partial charge in [-0.25, -0.2) is 0 Å². The zero-order valence-corrected chi connectivity index (χ0v) is 13.0. The van der Waals surface area contributed by atoms with E-state index in [0.29, 0.717) is 18.4 Å². The molecule has 0 aliphatic rings. The second kappa shape index (κ2) is 6.95. The first-order valence-corrected chi connectivity index (χ1v) is 7.05. The van der Waals surface area contributed by atoms with Gasteiger partial charge in [-0.2, -0.15) is 26.3 Å². The molecule has 134 valence electrons. The average molecular weight is 383 g/mol. The van der Waals surface area contributed by atoms with Gasteiger partial charge in [0.1, 0.15) is 18.6 Å². The molecular formula is C16H9ClF6O2. The Morgan fingerprint density at radius 1 is 0.960 bits per heavy atom. The quantitative estimate of drug-likeness (QED) is 0.495. The summed E-state index contributed by atoms with van der Waals surface area (Å²) in [7, 11) is 0. The topological polar surface area (TPSA) is 26.3 Å². The lowest BCUT2D eigenvalue weighted by atomic mass is 10.0. The van der Waals surface area contributed by atoms with Crippen LogP contribution in [0.5, 0.6) is 5.75 Å². The molecular weight excluding hydrogens is 374 g/mol. The lowest BCUT2D eigenvalue weighted by Crippen LogP contribution is -2.14. The fourth-order valence-corrected chi connectivity index (χ4v) is 2.25. The Labute approximate surface area is 143 Å². The van der Waals surface area contributed by atoms with Crippen molar-refractivity contribution in [1.29, 1.82) is 0 Å². The van der Waals surface area contributed by atoms with Gasteiger partial charge in [0.05, 0.1) is 16.1 Å². The van der Waals surface area contributed by atoms with Crippen molar-refractivity contribution < 1.29 is 35.9 Å². The van der Waals surface area contributed by atoms with E-state index in [9.17, 15) is 31.1 Å². The van der Waals surface area contributed by atoms with Crippen LogP contribution in [0.25, 0.3) is 0 Å². The highest BCUT2D eigenvalue weighted by Crippen LogP contribution is 2.38. The summed E-state index contributed by atoms with van der Waals surface area (Å²) in [6.07, 6.45) is -9.36. The van der Waals surface area contributed by atoms with Crippen LogP contribution < -0.4 is 4.74 Å². The molecule has 25 heavy (non-hydrogen) atoms. The molecule has 9 heteroatoms. The number of halogens is 7. The number of carbonyl (C=O) groups is 1. The molecule has 0 fully saturated rings. The summed E-state index contributed by atoms with van der Waals surface area (Å²) in [4.78, 5) is 10.6. The molecule has 0 heterocycles. The maximum atomic E-state index is 13.0. The molecule has 2 aromatic carbocycles. The lowest BCUT2D eigenvalue weighted by molar-refractivity contribution is -0.143. The number of rotatable bonds is 4. The van der Waals surface area contributed by atoms with E-state index < -0.39 is 35.6 Å². The van der Waals surface area contributed by atoms with Gasteiger partial charge in [-0.15, -0.1) is 0 Å². The molecule has 2 aromatic rings. The van der Waals surface area contributed by atoms with E-state index in [1.807, 2.05) is 0 Å². The maximum absolute atomic E-state index is 13.0. The van der Waals surface area contributed by atoms with E-state index in [1.54, 1.807) is 0 Å². The van der Waals surface area contributed by atoms with Crippen LogP contribution in [-0.2, 0) is 19.0 Å². The zero-order chi connectivity index (χ0) is 18.8. The molecule has 0 aromatic heterocycles. The summed E-state index contributed by atoms with van der Waals surface area (Å²) in [5, 5.41) is -0.00919. The Bertz CT molecular complexity index is 783. The molecule has 0 unspecified atom stereocenters. The number of ether oxygens (including phenoxy) is 1. The molecule has 2 rings (SSSR count). The summed E-state index contributed by atoms with van der Waals surface area (Å²) < 4.78 is 82.1. The largest absolute Gasteiger partial charge is 0.487 e. The Kier molecular flexibility index (Phi) is 5.31. The lowest BCUT2D eigenvalue weighted by Gasteiger charge is -2.16. The van der Waals surface area contributed by atoms with Crippen LogP contribution in [0.15, 0.2) is 36.4 Å². The van der Waals surface area contributed by atoms with E-state index in [0.717, 1.165) is 0 Å². The van der Waals surface area contributed by atoms with Gasteiger partial charge < -0.3 is 4.74 Å². The van der Waals surface area contributed by atoms with Crippen LogP contribution >= 0.6 is 11.6 Å². The average Bonchev–Trinajstić information content (AvgIpc) is 2.51. The predicted molar refractivity (Wildman–Crippen MR) is 77.6 cm³/mol. The van der Waals surface area contributed by atoms with Crippen LogP contribution in [0.4, 0.5) is 26.3 Å². The van der Waals surface area contributed by atoms with Crippen molar-refractivity contribution in [3.05, 3.63) is 63.7 Å². The molecule has 0 spiro atoms. The van der Waals surface area contributed by atoms with Gasteiger partial charge in [0.25, 0.3) is 0 Å². The summed E-state index contributed by atoms with van der Waals surface area (Å²) >= 11 is 5.83. The van der Waals surface area contributed by atoms with Gasteiger partial charge >= 0.3 is 12.4 Å². The fourth-order valence-electron chi connectivity index (χ4n) is 2.01. The first-order valence-electron chi connectivity index (χ1n) is 6.67. The SMILES string of the molecule is O=Cc1ccc(OCc2ccc(C(F)(F)F)cc2C(F)(F)F)c(Cl)c1. The first kappa shape index (κ1) is 19.1. The second-order valence-electron chi connectivity index (χ2n) is 4.96. The molecule has 0 saturated heterocycles. The van der Waals surface area contributed by atoms with Gasteiger partial charge in [-0.3, -0.25) is 4.79 Å². The predicted octanol–water partition coefficient (Wildman–Crippen LogP) is 5.77. The van der Waals surface area contributed by atoms with Crippen molar-refractivity contribution in [2.75, 3.05) is 0 Å². The maximum Gasteiger partial charge on any atom is 0.416 e. The molecule has 0 N–H and O–H groups in total. The highest BCUT2D eigenvalue weighted by atomic mass is 35.5. The van der Waals surface area contributed by atoms with Gasteiger partial charge in [0.15, 0.2) is 0 Å². The number of benzene rings is 2. The number of hydrogen-bond donors (Lipinski definition) is 0.